The Morgan fingerprint density at radius 3 is 2.78 bits per heavy atom. The first-order valence-electron chi connectivity index (χ1n) is 9.07. The Labute approximate surface area is 178 Å². The van der Waals surface area contributed by atoms with Gasteiger partial charge in [0.2, 0.25) is 0 Å². The Balaban J connectivity index is 0.00000261. The van der Waals surface area contributed by atoms with Gasteiger partial charge in [0, 0.05) is 51.4 Å². The number of rotatable bonds is 8. The van der Waals surface area contributed by atoms with E-state index in [2.05, 4.69) is 39.9 Å². The zero-order chi connectivity index (χ0) is 18.2. The van der Waals surface area contributed by atoms with Crippen molar-refractivity contribution in [3.8, 4) is 5.75 Å². The molecular weight excluding hydrogens is 453 g/mol. The standard InChI is InChI=1S/C21H27N3O2.HI/c1-22-21(23-15-17-13-16-7-3-4-10-20(16)17)24-18-8-5-9-19(14-18)26-12-6-11-25-2;/h3-5,7-10,14,17H,6,11-13,15H2,1-2H3,(H2,22,23,24);1H. The summed E-state index contributed by atoms with van der Waals surface area (Å²) in [6.07, 6.45) is 2.01. The lowest BCUT2D eigenvalue weighted by atomic mass is 9.78. The maximum absolute atomic E-state index is 5.75. The molecule has 0 aromatic heterocycles. The summed E-state index contributed by atoms with van der Waals surface area (Å²) >= 11 is 0. The van der Waals surface area contributed by atoms with Gasteiger partial charge in [-0.05, 0) is 29.7 Å². The predicted molar refractivity (Wildman–Crippen MR) is 122 cm³/mol. The molecule has 146 valence electrons. The lowest BCUT2D eigenvalue weighted by molar-refractivity contribution is 0.172. The van der Waals surface area contributed by atoms with Crippen LogP contribution in [0.15, 0.2) is 53.5 Å². The third-order valence-corrected chi connectivity index (χ3v) is 4.56. The first kappa shape index (κ1) is 21.5. The number of halogens is 1. The van der Waals surface area contributed by atoms with Crippen molar-refractivity contribution >= 4 is 35.6 Å². The van der Waals surface area contributed by atoms with Crippen molar-refractivity contribution in [1.82, 2.24) is 5.32 Å². The van der Waals surface area contributed by atoms with Crippen LogP contribution in [0.2, 0.25) is 0 Å². The van der Waals surface area contributed by atoms with Gasteiger partial charge in [0.05, 0.1) is 6.61 Å². The van der Waals surface area contributed by atoms with Gasteiger partial charge in [0.15, 0.2) is 5.96 Å². The molecule has 3 rings (SSSR count). The lowest BCUT2D eigenvalue weighted by Crippen LogP contribution is -2.37. The number of benzene rings is 2. The Morgan fingerprint density at radius 2 is 2.00 bits per heavy atom. The minimum Gasteiger partial charge on any atom is -0.493 e. The highest BCUT2D eigenvalue weighted by atomic mass is 127. The summed E-state index contributed by atoms with van der Waals surface area (Å²) in [5, 5.41) is 6.75. The van der Waals surface area contributed by atoms with Gasteiger partial charge in [0.25, 0.3) is 0 Å². The van der Waals surface area contributed by atoms with E-state index in [1.165, 1.54) is 11.1 Å². The van der Waals surface area contributed by atoms with Crippen molar-refractivity contribution in [1.29, 1.82) is 0 Å². The number of anilines is 1. The Bertz CT molecular complexity index is 752. The van der Waals surface area contributed by atoms with Crippen LogP contribution < -0.4 is 15.4 Å². The number of aliphatic imine (C=N–C) groups is 1. The third-order valence-electron chi connectivity index (χ3n) is 4.56. The fourth-order valence-electron chi connectivity index (χ4n) is 3.14. The quantitative estimate of drug-likeness (QED) is 0.259. The van der Waals surface area contributed by atoms with Crippen LogP contribution in [0.5, 0.6) is 5.75 Å². The zero-order valence-electron chi connectivity index (χ0n) is 15.9. The van der Waals surface area contributed by atoms with Crippen molar-refractivity contribution in [3.63, 3.8) is 0 Å². The summed E-state index contributed by atoms with van der Waals surface area (Å²) in [6.45, 7) is 2.23. The van der Waals surface area contributed by atoms with E-state index in [-0.39, 0.29) is 24.0 Å². The predicted octanol–water partition coefficient (Wildman–Crippen LogP) is 4.05. The lowest BCUT2D eigenvalue weighted by Gasteiger charge is -2.30. The molecule has 0 saturated carbocycles. The molecule has 2 N–H and O–H groups in total. The SMILES string of the molecule is CN=C(NCC1Cc2ccccc21)Nc1cccc(OCCCOC)c1.I. The highest BCUT2D eigenvalue weighted by Gasteiger charge is 2.25. The van der Waals surface area contributed by atoms with E-state index in [0.717, 1.165) is 36.8 Å². The molecule has 0 heterocycles. The molecule has 0 saturated heterocycles. The van der Waals surface area contributed by atoms with Crippen LogP contribution in [0, 0.1) is 0 Å². The highest BCUT2D eigenvalue weighted by molar-refractivity contribution is 14.0. The number of nitrogens with zero attached hydrogens (tertiary/aromatic N) is 1. The Morgan fingerprint density at radius 1 is 1.15 bits per heavy atom. The fourth-order valence-corrected chi connectivity index (χ4v) is 3.14. The molecule has 1 atom stereocenters. The number of hydrogen-bond donors (Lipinski definition) is 2. The second-order valence-corrected chi connectivity index (χ2v) is 6.40. The minimum atomic E-state index is 0. The monoisotopic (exact) mass is 481 g/mol. The van der Waals surface area contributed by atoms with Gasteiger partial charge in [0.1, 0.15) is 5.75 Å². The van der Waals surface area contributed by atoms with Crippen LogP contribution in [0.3, 0.4) is 0 Å². The molecule has 1 aliphatic rings. The van der Waals surface area contributed by atoms with E-state index in [1.54, 1.807) is 14.2 Å². The Kier molecular flexibility index (Phi) is 8.87. The van der Waals surface area contributed by atoms with E-state index < -0.39 is 0 Å². The average molecular weight is 481 g/mol. The van der Waals surface area contributed by atoms with Crippen molar-refractivity contribution < 1.29 is 9.47 Å². The maximum Gasteiger partial charge on any atom is 0.195 e. The van der Waals surface area contributed by atoms with Crippen LogP contribution in [0.1, 0.15) is 23.5 Å². The van der Waals surface area contributed by atoms with Gasteiger partial charge < -0.3 is 20.1 Å². The molecule has 0 aliphatic heterocycles. The van der Waals surface area contributed by atoms with Crippen LogP contribution in [-0.4, -0.2) is 39.9 Å². The molecule has 5 nitrogen and oxygen atoms in total. The number of ether oxygens (including phenoxy) is 2. The largest absolute Gasteiger partial charge is 0.493 e. The molecule has 1 aliphatic carbocycles. The van der Waals surface area contributed by atoms with Gasteiger partial charge in [-0.15, -0.1) is 24.0 Å². The first-order valence-corrected chi connectivity index (χ1v) is 9.07. The number of fused-ring (bicyclic) bond motifs is 1. The number of guanidine groups is 1. The van der Waals surface area contributed by atoms with E-state index in [9.17, 15) is 0 Å². The van der Waals surface area contributed by atoms with E-state index in [4.69, 9.17) is 9.47 Å². The topological polar surface area (TPSA) is 54.9 Å². The van der Waals surface area contributed by atoms with Crippen LogP contribution in [0.4, 0.5) is 5.69 Å². The Hall–Kier alpha value is -1.80. The summed E-state index contributed by atoms with van der Waals surface area (Å²) in [6, 6.07) is 16.6. The molecule has 0 radical (unpaired) electrons. The van der Waals surface area contributed by atoms with Crippen molar-refractivity contribution in [2.24, 2.45) is 4.99 Å². The smallest absolute Gasteiger partial charge is 0.195 e. The van der Waals surface area contributed by atoms with Crippen LogP contribution in [-0.2, 0) is 11.2 Å². The van der Waals surface area contributed by atoms with Crippen molar-refractivity contribution in [2.45, 2.75) is 18.8 Å². The summed E-state index contributed by atoms with van der Waals surface area (Å²) < 4.78 is 10.8. The maximum atomic E-state index is 5.75. The van der Waals surface area contributed by atoms with E-state index in [1.807, 2.05) is 24.3 Å². The summed E-state index contributed by atoms with van der Waals surface area (Å²) in [4.78, 5) is 4.32. The summed E-state index contributed by atoms with van der Waals surface area (Å²) in [7, 11) is 3.49. The molecule has 0 bridgehead atoms. The molecule has 1 unspecified atom stereocenters. The fraction of sp³-hybridized carbons (Fsp3) is 0.381. The second-order valence-electron chi connectivity index (χ2n) is 6.40. The van der Waals surface area contributed by atoms with Gasteiger partial charge in [-0.2, -0.15) is 0 Å². The first-order chi connectivity index (χ1) is 12.8. The van der Waals surface area contributed by atoms with Crippen LogP contribution >= 0.6 is 24.0 Å². The van der Waals surface area contributed by atoms with Gasteiger partial charge >= 0.3 is 0 Å². The van der Waals surface area contributed by atoms with Crippen molar-refractivity contribution in [3.05, 3.63) is 59.7 Å². The molecule has 27 heavy (non-hydrogen) atoms. The molecule has 2 aromatic carbocycles. The minimum absolute atomic E-state index is 0. The zero-order valence-corrected chi connectivity index (χ0v) is 18.2. The average Bonchev–Trinajstić information content (AvgIpc) is 2.65. The van der Waals surface area contributed by atoms with Gasteiger partial charge in [-0.3, -0.25) is 4.99 Å². The number of nitrogens with one attached hydrogen (secondary N) is 2. The van der Waals surface area contributed by atoms with Gasteiger partial charge in [-0.25, -0.2) is 0 Å². The van der Waals surface area contributed by atoms with Gasteiger partial charge in [-0.1, -0.05) is 30.3 Å². The number of hydrogen-bond acceptors (Lipinski definition) is 3. The molecule has 0 fully saturated rings. The van der Waals surface area contributed by atoms with Crippen LogP contribution in [0.25, 0.3) is 0 Å². The van der Waals surface area contributed by atoms with E-state index in [0.29, 0.717) is 19.1 Å². The summed E-state index contributed by atoms with van der Waals surface area (Å²) in [5.41, 5.74) is 3.86. The molecule has 0 spiro atoms. The van der Waals surface area contributed by atoms with Crippen molar-refractivity contribution in [2.75, 3.05) is 39.2 Å². The summed E-state index contributed by atoms with van der Waals surface area (Å²) in [5.74, 6) is 2.17. The van der Waals surface area contributed by atoms with E-state index >= 15 is 0 Å². The molecule has 0 amide bonds. The molecule has 6 heteroatoms. The second kappa shape index (κ2) is 11.1. The normalized spacial score (nSPS) is 15.2. The molecule has 2 aromatic rings. The highest BCUT2D eigenvalue weighted by Crippen LogP contribution is 2.33. The molecular formula is C21H28IN3O2. The number of methoxy groups -OCH3 is 1. The third kappa shape index (κ3) is 6.10.